The van der Waals surface area contributed by atoms with Crippen LogP contribution in [0.15, 0.2) is 36.5 Å². The molecule has 0 spiro atoms. The first-order valence-electron chi connectivity index (χ1n) is 5.01. The fourth-order valence-electron chi connectivity index (χ4n) is 1.30. The number of phenols is 2. The molecule has 0 saturated carbocycles. The van der Waals surface area contributed by atoms with Crippen molar-refractivity contribution in [2.45, 2.75) is 0 Å². The average molecular weight is 265 g/mol. The highest BCUT2D eigenvalue weighted by atomic mass is 35.5. The summed E-state index contributed by atoms with van der Waals surface area (Å²) in [5, 5.41) is 21.4. The van der Waals surface area contributed by atoms with E-state index in [-0.39, 0.29) is 17.1 Å². The van der Waals surface area contributed by atoms with Crippen molar-refractivity contribution in [3.8, 4) is 11.5 Å². The second-order valence-corrected chi connectivity index (χ2v) is 3.96. The highest BCUT2D eigenvalue weighted by Gasteiger charge is 2.09. The molecular formula is C12H9ClN2O3. The van der Waals surface area contributed by atoms with Crippen molar-refractivity contribution in [2.75, 3.05) is 5.32 Å². The molecule has 6 heteroatoms. The molecule has 0 fully saturated rings. The lowest BCUT2D eigenvalue weighted by Gasteiger charge is -2.05. The summed E-state index contributed by atoms with van der Waals surface area (Å²) in [6.07, 6.45) is 1.41. The number of nitrogens with zero attached hydrogens (tertiary/aromatic N) is 1. The van der Waals surface area contributed by atoms with Crippen molar-refractivity contribution in [3.05, 3.63) is 47.1 Å². The number of carbonyl (C=O) groups is 1. The van der Waals surface area contributed by atoms with Crippen molar-refractivity contribution in [1.82, 2.24) is 4.98 Å². The maximum Gasteiger partial charge on any atom is 0.256 e. The van der Waals surface area contributed by atoms with E-state index in [1.165, 1.54) is 24.4 Å². The zero-order valence-corrected chi connectivity index (χ0v) is 9.85. The molecule has 0 aliphatic rings. The summed E-state index contributed by atoms with van der Waals surface area (Å²) in [4.78, 5) is 15.7. The number of halogens is 1. The first-order valence-corrected chi connectivity index (χ1v) is 5.39. The van der Waals surface area contributed by atoms with E-state index in [4.69, 9.17) is 16.7 Å². The SMILES string of the molecule is O=C(Nc1ccc(Cl)cn1)c1ccc(O)c(O)c1. The van der Waals surface area contributed by atoms with Crippen LogP contribution in [-0.4, -0.2) is 21.1 Å². The number of carbonyl (C=O) groups excluding carboxylic acids is 1. The number of phenolic OH excluding ortho intramolecular Hbond substituents is 2. The monoisotopic (exact) mass is 264 g/mol. The van der Waals surface area contributed by atoms with Crippen LogP contribution in [0.1, 0.15) is 10.4 Å². The van der Waals surface area contributed by atoms with E-state index < -0.39 is 5.91 Å². The van der Waals surface area contributed by atoms with Gasteiger partial charge >= 0.3 is 0 Å². The smallest absolute Gasteiger partial charge is 0.256 e. The molecule has 0 saturated heterocycles. The van der Waals surface area contributed by atoms with Gasteiger partial charge in [0.05, 0.1) is 5.02 Å². The number of aromatic nitrogens is 1. The molecule has 1 aromatic heterocycles. The van der Waals surface area contributed by atoms with Gasteiger partial charge in [-0.1, -0.05) is 11.6 Å². The molecule has 0 unspecified atom stereocenters. The van der Waals surface area contributed by atoms with Gasteiger partial charge in [-0.25, -0.2) is 4.98 Å². The van der Waals surface area contributed by atoms with Gasteiger partial charge in [0.15, 0.2) is 11.5 Å². The summed E-state index contributed by atoms with van der Waals surface area (Å²) in [5.74, 6) is -0.736. The van der Waals surface area contributed by atoms with E-state index in [1.807, 2.05) is 0 Å². The summed E-state index contributed by atoms with van der Waals surface area (Å²) < 4.78 is 0. The highest BCUT2D eigenvalue weighted by Crippen LogP contribution is 2.25. The Labute approximate surface area is 108 Å². The Morgan fingerprint density at radius 3 is 2.56 bits per heavy atom. The summed E-state index contributed by atoms with van der Waals surface area (Å²) in [6.45, 7) is 0. The Bertz CT molecular complexity index is 584. The number of hydrogen-bond donors (Lipinski definition) is 3. The van der Waals surface area contributed by atoms with E-state index in [1.54, 1.807) is 12.1 Å². The lowest BCUT2D eigenvalue weighted by atomic mass is 10.2. The Kier molecular flexibility index (Phi) is 3.34. The number of anilines is 1. The largest absolute Gasteiger partial charge is 0.504 e. The molecule has 0 radical (unpaired) electrons. The molecule has 1 aromatic carbocycles. The van der Waals surface area contributed by atoms with Crippen LogP contribution >= 0.6 is 11.6 Å². The number of hydrogen-bond acceptors (Lipinski definition) is 4. The van der Waals surface area contributed by atoms with Crippen LogP contribution in [0.25, 0.3) is 0 Å². The summed E-state index contributed by atoms with van der Waals surface area (Å²) in [6, 6.07) is 6.94. The first-order chi connectivity index (χ1) is 8.56. The molecule has 0 aliphatic carbocycles. The van der Waals surface area contributed by atoms with Crippen LogP contribution in [0.2, 0.25) is 5.02 Å². The maximum atomic E-state index is 11.8. The van der Waals surface area contributed by atoms with Crippen molar-refractivity contribution in [2.24, 2.45) is 0 Å². The molecule has 0 atom stereocenters. The van der Waals surface area contributed by atoms with Gasteiger partial charge in [0.25, 0.3) is 5.91 Å². The maximum absolute atomic E-state index is 11.8. The van der Waals surface area contributed by atoms with E-state index >= 15 is 0 Å². The zero-order valence-electron chi connectivity index (χ0n) is 9.09. The van der Waals surface area contributed by atoms with Crippen LogP contribution < -0.4 is 5.32 Å². The molecule has 2 rings (SSSR count). The van der Waals surface area contributed by atoms with Gasteiger partial charge in [-0.2, -0.15) is 0 Å². The fraction of sp³-hybridized carbons (Fsp3) is 0. The number of rotatable bonds is 2. The minimum atomic E-state index is -0.444. The topological polar surface area (TPSA) is 82.5 Å². The highest BCUT2D eigenvalue weighted by molar-refractivity contribution is 6.30. The minimum Gasteiger partial charge on any atom is -0.504 e. The fourth-order valence-corrected chi connectivity index (χ4v) is 1.41. The Morgan fingerprint density at radius 1 is 1.17 bits per heavy atom. The standard InChI is InChI=1S/C12H9ClN2O3/c13-8-2-4-11(14-6-8)15-12(18)7-1-3-9(16)10(17)5-7/h1-6,16-17H,(H,14,15,18). The number of amides is 1. The van der Waals surface area contributed by atoms with Crippen LogP contribution in [0.3, 0.4) is 0 Å². The number of nitrogens with one attached hydrogen (secondary N) is 1. The molecular weight excluding hydrogens is 256 g/mol. The molecule has 5 nitrogen and oxygen atoms in total. The third-order valence-corrected chi connectivity index (χ3v) is 2.43. The molecule has 1 heterocycles. The molecule has 18 heavy (non-hydrogen) atoms. The first kappa shape index (κ1) is 12.2. The van der Waals surface area contributed by atoms with Crippen molar-refractivity contribution in [1.29, 1.82) is 0 Å². The predicted molar refractivity (Wildman–Crippen MR) is 67.0 cm³/mol. The summed E-state index contributed by atoms with van der Waals surface area (Å²) >= 11 is 5.67. The third kappa shape index (κ3) is 2.70. The average Bonchev–Trinajstić information content (AvgIpc) is 2.35. The van der Waals surface area contributed by atoms with E-state index in [2.05, 4.69) is 10.3 Å². The van der Waals surface area contributed by atoms with Crippen LogP contribution in [0.5, 0.6) is 11.5 Å². The van der Waals surface area contributed by atoms with Crippen molar-refractivity contribution in [3.63, 3.8) is 0 Å². The van der Waals surface area contributed by atoms with Gasteiger partial charge in [-0.15, -0.1) is 0 Å². The normalized spacial score (nSPS) is 10.1. The van der Waals surface area contributed by atoms with Gasteiger partial charge in [-0.3, -0.25) is 4.79 Å². The molecule has 2 aromatic rings. The minimum absolute atomic E-state index is 0.210. The third-order valence-electron chi connectivity index (χ3n) is 2.21. The Morgan fingerprint density at radius 2 is 1.94 bits per heavy atom. The van der Waals surface area contributed by atoms with E-state index in [9.17, 15) is 9.90 Å². The van der Waals surface area contributed by atoms with Crippen LogP contribution in [0, 0.1) is 0 Å². The second-order valence-electron chi connectivity index (χ2n) is 3.52. The van der Waals surface area contributed by atoms with Crippen molar-refractivity contribution >= 4 is 23.3 Å². The van der Waals surface area contributed by atoms with Crippen molar-refractivity contribution < 1.29 is 15.0 Å². The number of aromatic hydroxyl groups is 2. The molecule has 3 N–H and O–H groups in total. The molecule has 0 bridgehead atoms. The lowest BCUT2D eigenvalue weighted by molar-refractivity contribution is 0.102. The van der Waals surface area contributed by atoms with E-state index in [0.717, 1.165) is 0 Å². The quantitative estimate of drug-likeness (QED) is 0.728. The van der Waals surface area contributed by atoms with E-state index in [0.29, 0.717) is 10.8 Å². The zero-order chi connectivity index (χ0) is 13.1. The summed E-state index contributed by atoms with van der Waals surface area (Å²) in [5.41, 5.74) is 0.210. The lowest BCUT2D eigenvalue weighted by Crippen LogP contribution is -2.12. The van der Waals surface area contributed by atoms with Gasteiger partial charge in [0.2, 0.25) is 0 Å². The van der Waals surface area contributed by atoms with Gasteiger partial charge in [0, 0.05) is 11.8 Å². The number of pyridine rings is 1. The van der Waals surface area contributed by atoms with Crippen LogP contribution in [-0.2, 0) is 0 Å². The molecule has 1 amide bonds. The Hall–Kier alpha value is -2.27. The second kappa shape index (κ2) is 4.93. The van der Waals surface area contributed by atoms with Gasteiger partial charge in [-0.05, 0) is 30.3 Å². The summed E-state index contributed by atoms with van der Waals surface area (Å²) in [7, 11) is 0. The molecule has 92 valence electrons. The van der Waals surface area contributed by atoms with Gasteiger partial charge in [0.1, 0.15) is 5.82 Å². The Balaban J connectivity index is 2.16. The number of benzene rings is 1. The predicted octanol–water partition coefficient (Wildman–Crippen LogP) is 2.40. The van der Waals surface area contributed by atoms with Crippen LogP contribution in [0.4, 0.5) is 5.82 Å². The molecule has 0 aliphatic heterocycles. The van der Waals surface area contributed by atoms with Gasteiger partial charge < -0.3 is 15.5 Å².